The lowest BCUT2D eigenvalue weighted by Crippen LogP contribution is -2.39. The van der Waals surface area contributed by atoms with E-state index in [1.807, 2.05) is 0 Å². The molecule has 4 amide bonds. The van der Waals surface area contributed by atoms with Gasteiger partial charge in [-0.1, -0.05) is 0 Å². The van der Waals surface area contributed by atoms with Crippen molar-refractivity contribution in [2.75, 3.05) is 18.4 Å². The zero-order chi connectivity index (χ0) is 18.2. The summed E-state index contributed by atoms with van der Waals surface area (Å²) in [5, 5.41) is 2.43. The highest BCUT2D eigenvalue weighted by Gasteiger charge is 2.47. The summed E-state index contributed by atoms with van der Waals surface area (Å²) in [5.74, 6) is -1.44. The van der Waals surface area contributed by atoms with E-state index >= 15 is 0 Å². The average Bonchev–Trinajstić information content (AvgIpc) is 3.08. The van der Waals surface area contributed by atoms with Gasteiger partial charge in [-0.05, 0) is 37.1 Å². The van der Waals surface area contributed by atoms with Crippen LogP contribution in [0.2, 0.25) is 0 Å². The molecule has 2 saturated heterocycles. The molecular weight excluding hydrogens is 343 g/mol. The fourth-order valence-corrected chi connectivity index (χ4v) is 2.91. The maximum Gasteiger partial charge on any atom is 0.573 e. The molecule has 0 radical (unpaired) electrons. The molecule has 2 fully saturated rings. The number of imide groups is 1. The summed E-state index contributed by atoms with van der Waals surface area (Å²) >= 11 is 0. The summed E-state index contributed by atoms with van der Waals surface area (Å²) in [7, 11) is 0. The van der Waals surface area contributed by atoms with Gasteiger partial charge in [0.05, 0.1) is 0 Å². The van der Waals surface area contributed by atoms with Crippen LogP contribution in [0.5, 0.6) is 5.75 Å². The van der Waals surface area contributed by atoms with Crippen LogP contribution in [0, 0.1) is 0 Å². The van der Waals surface area contributed by atoms with Gasteiger partial charge in [0.2, 0.25) is 5.91 Å². The molecular formula is C15H14F3N3O4. The van der Waals surface area contributed by atoms with Crippen LogP contribution in [0.15, 0.2) is 24.3 Å². The number of hydrogen-bond acceptors (Lipinski definition) is 4. The third-order valence-electron chi connectivity index (χ3n) is 3.95. The van der Waals surface area contributed by atoms with E-state index < -0.39 is 42.5 Å². The minimum atomic E-state index is -4.80. The Bertz CT molecular complexity index is 683. The number of urea groups is 1. The second kappa shape index (κ2) is 6.26. The van der Waals surface area contributed by atoms with Crippen molar-refractivity contribution in [3.63, 3.8) is 0 Å². The van der Waals surface area contributed by atoms with E-state index in [1.54, 1.807) is 0 Å². The number of ether oxygens (including phenoxy) is 1. The first kappa shape index (κ1) is 17.1. The van der Waals surface area contributed by atoms with Crippen LogP contribution < -0.4 is 10.1 Å². The molecule has 0 bridgehead atoms. The van der Waals surface area contributed by atoms with Gasteiger partial charge in [-0.3, -0.25) is 14.5 Å². The second-order valence-corrected chi connectivity index (χ2v) is 5.68. The Morgan fingerprint density at radius 3 is 2.52 bits per heavy atom. The summed E-state index contributed by atoms with van der Waals surface area (Å²) in [6.45, 7) is 0.0551. The van der Waals surface area contributed by atoms with Crippen molar-refractivity contribution < 1.29 is 32.3 Å². The first-order chi connectivity index (χ1) is 11.7. The SMILES string of the molecule is O=C(CN1C(=O)C2CCCN2C1=O)Nc1ccc(OC(F)(F)F)cc1. The summed E-state index contributed by atoms with van der Waals surface area (Å²) < 4.78 is 40.0. The molecule has 1 unspecified atom stereocenters. The lowest BCUT2D eigenvalue weighted by molar-refractivity contribution is -0.274. The number of anilines is 1. The predicted octanol–water partition coefficient (Wildman–Crippen LogP) is 1.95. The Hall–Kier alpha value is -2.78. The summed E-state index contributed by atoms with van der Waals surface area (Å²) in [6.07, 6.45) is -3.45. The lowest BCUT2D eigenvalue weighted by Gasteiger charge is -2.15. The van der Waals surface area contributed by atoms with Crippen molar-refractivity contribution in [3.8, 4) is 5.75 Å². The number of amides is 4. The fraction of sp³-hybridized carbons (Fsp3) is 0.400. The number of nitrogens with one attached hydrogen (secondary N) is 1. The molecule has 0 saturated carbocycles. The number of fused-ring (bicyclic) bond motifs is 1. The Morgan fingerprint density at radius 1 is 1.24 bits per heavy atom. The van der Waals surface area contributed by atoms with Gasteiger partial charge < -0.3 is 15.0 Å². The minimum absolute atomic E-state index is 0.221. The van der Waals surface area contributed by atoms with Gasteiger partial charge in [0.1, 0.15) is 18.3 Å². The van der Waals surface area contributed by atoms with Gasteiger partial charge in [0.15, 0.2) is 0 Å². The number of benzene rings is 1. The number of carbonyl (C=O) groups is 3. The van der Waals surface area contributed by atoms with E-state index in [2.05, 4.69) is 10.1 Å². The number of carbonyl (C=O) groups excluding carboxylic acids is 3. The van der Waals surface area contributed by atoms with Crippen LogP contribution >= 0.6 is 0 Å². The van der Waals surface area contributed by atoms with Crippen LogP contribution in [0.4, 0.5) is 23.7 Å². The molecule has 2 aliphatic rings. The molecule has 2 heterocycles. The molecule has 0 aromatic heterocycles. The molecule has 1 atom stereocenters. The van der Waals surface area contributed by atoms with Crippen LogP contribution in [-0.2, 0) is 9.59 Å². The third-order valence-corrected chi connectivity index (χ3v) is 3.95. The molecule has 10 heteroatoms. The van der Waals surface area contributed by atoms with Crippen molar-refractivity contribution in [1.82, 2.24) is 9.80 Å². The van der Waals surface area contributed by atoms with Gasteiger partial charge in [-0.15, -0.1) is 13.2 Å². The quantitative estimate of drug-likeness (QED) is 0.836. The van der Waals surface area contributed by atoms with Gasteiger partial charge in [-0.2, -0.15) is 0 Å². The van der Waals surface area contributed by atoms with Crippen molar-refractivity contribution >= 4 is 23.5 Å². The summed E-state index contributed by atoms with van der Waals surface area (Å²) in [4.78, 5) is 38.6. The predicted molar refractivity (Wildman–Crippen MR) is 78.6 cm³/mol. The van der Waals surface area contributed by atoms with E-state index in [4.69, 9.17) is 0 Å². The van der Waals surface area contributed by atoms with Gasteiger partial charge in [0.25, 0.3) is 5.91 Å². The Morgan fingerprint density at radius 2 is 1.92 bits per heavy atom. The first-order valence-electron chi connectivity index (χ1n) is 7.52. The molecule has 0 aliphatic carbocycles. The van der Waals surface area contributed by atoms with Gasteiger partial charge in [-0.25, -0.2) is 4.79 Å². The second-order valence-electron chi connectivity index (χ2n) is 5.68. The third kappa shape index (κ3) is 3.67. The normalized spacial score (nSPS) is 20.0. The minimum Gasteiger partial charge on any atom is -0.406 e. The zero-order valence-corrected chi connectivity index (χ0v) is 12.9. The number of nitrogens with zero attached hydrogens (tertiary/aromatic N) is 2. The highest BCUT2D eigenvalue weighted by Crippen LogP contribution is 2.27. The summed E-state index contributed by atoms with van der Waals surface area (Å²) in [6, 6.07) is 3.57. The van der Waals surface area contributed by atoms with Crippen LogP contribution in [0.3, 0.4) is 0 Å². The molecule has 3 rings (SSSR count). The molecule has 1 N–H and O–H groups in total. The van der Waals surface area contributed by atoms with E-state index in [1.165, 1.54) is 17.0 Å². The molecule has 1 aromatic carbocycles. The lowest BCUT2D eigenvalue weighted by atomic mass is 10.2. The zero-order valence-electron chi connectivity index (χ0n) is 12.9. The number of alkyl halides is 3. The van der Waals surface area contributed by atoms with Crippen molar-refractivity contribution in [2.24, 2.45) is 0 Å². The van der Waals surface area contributed by atoms with Crippen LogP contribution in [-0.4, -0.2) is 53.1 Å². The Kier molecular flexibility index (Phi) is 4.27. The Balaban J connectivity index is 1.58. The smallest absolute Gasteiger partial charge is 0.406 e. The Labute approximate surface area is 140 Å². The molecule has 134 valence electrons. The molecule has 25 heavy (non-hydrogen) atoms. The monoisotopic (exact) mass is 357 g/mol. The van der Waals surface area contributed by atoms with Crippen LogP contribution in [0.1, 0.15) is 12.8 Å². The largest absolute Gasteiger partial charge is 0.573 e. The van der Waals surface area contributed by atoms with Crippen LogP contribution in [0.25, 0.3) is 0 Å². The number of hydrogen-bond donors (Lipinski definition) is 1. The van der Waals surface area contributed by atoms with Gasteiger partial charge in [0, 0.05) is 12.2 Å². The standard InChI is InChI=1S/C15H14F3N3O4/c16-15(17,18)25-10-5-3-9(4-6-10)19-12(22)8-21-13(23)11-2-1-7-20(11)14(21)24/h3-6,11H,1-2,7-8H2,(H,19,22). The summed E-state index contributed by atoms with van der Waals surface area (Å²) in [5.41, 5.74) is 0.221. The highest BCUT2D eigenvalue weighted by molar-refractivity contribution is 6.08. The topological polar surface area (TPSA) is 79.0 Å². The van der Waals surface area contributed by atoms with Crippen molar-refractivity contribution in [1.29, 1.82) is 0 Å². The molecule has 1 aromatic rings. The van der Waals surface area contributed by atoms with Crippen molar-refractivity contribution in [3.05, 3.63) is 24.3 Å². The molecule has 2 aliphatic heterocycles. The number of halogens is 3. The maximum absolute atomic E-state index is 12.1. The van der Waals surface area contributed by atoms with Gasteiger partial charge >= 0.3 is 12.4 Å². The first-order valence-corrected chi connectivity index (χ1v) is 7.52. The van der Waals surface area contributed by atoms with E-state index in [9.17, 15) is 27.6 Å². The van der Waals surface area contributed by atoms with E-state index in [0.717, 1.165) is 23.5 Å². The molecule has 0 spiro atoms. The highest BCUT2D eigenvalue weighted by atomic mass is 19.4. The molecule has 7 nitrogen and oxygen atoms in total. The maximum atomic E-state index is 12.1. The number of rotatable bonds is 4. The van der Waals surface area contributed by atoms with Crippen molar-refractivity contribution in [2.45, 2.75) is 25.2 Å². The fourth-order valence-electron chi connectivity index (χ4n) is 2.91. The van der Waals surface area contributed by atoms with E-state index in [0.29, 0.717) is 13.0 Å². The van der Waals surface area contributed by atoms with E-state index in [-0.39, 0.29) is 5.69 Å². The average molecular weight is 357 g/mol.